The van der Waals surface area contributed by atoms with Gasteiger partial charge in [0.15, 0.2) is 0 Å². The number of rotatable bonds is 4. The summed E-state index contributed by atoms with van der Waals surface area (Å²) in [5.41, 5.74) is 5.72. The van der Waals surface area contributed by atoms with Gasteiger partial charge in [0.2, 0.25) is 0 Å². The number of allylic oxidation sites excluding steroid dienone is 4. The number of hydrogen-bond acceptors (Lipinski definition) is 3. The van der Waals surface area contributed by atoms with Crippen LogP contribution in [0.15, 0.2) is 36.1 Å². The van der Waals surface area contributed by atoms with Crippen LogP contribution in [0.1, 0.15) is 13.8 Å². The first-order chi connectivity index (χ1) is 6.16. The molecule has 3 heteroatoms. The highest BCUT2D eigenvalue weighted by atomic mass is 16.5. The molecule has 0 aliphatic heterocycles. The van der Waals surface area contributed by atoms with Gasteiger partial charge in [-0.1, -0.05) is 18.2 Å². The molecule has 0 spiro atoms. The number of ether oxygens (including phenoxy) is 1. The van der Waals surface area contributed by atoms with Crippen molar-refractivity contribution in [1.29, 1.82) is 0 Å². The highest BCUT2D eigenvalue weighted by molar-refractivity contribution is 5.82. The van der Waals surface area contributed by atoms with E-state index in [1.54, 1.807) is 13.0 Å². The topological polar surface area (TPSA) is 52.3 Å². The lowest BCUT2D eigenvalue weighted by Gasteiger charge is -1.96. The Bertz CT molecular complexity index is 235. The van der Waals surface area contributed by atoms with Crippen LogP contribution in [-0.4, -0.2) is 12.6 Å². The number of carbonyl (C=O) groups is 1. The molecule has 0 radical (unpaired) electrons. The van der Waals surface area contributed by atoms with Crippen molar-refractivity contribution < 1.29 is 9.53 Å². The van der Waals surface area contributed by atoms with Crippen LogP contribution in [-0.2, 0) is 9.53 Å². The molecule has 72 valence electrons. The number of nitrogens with two attached hydrogens (primary N) is 1. The minimum atomic E-state index is -0.412. The van der Waals surface area contributed by atoms with E-state index in [-0.39, 0.29) is 6.61 Å². The lowest BCUT2D eigenvalue weighted by atomic mass is 10.4. The number of carbonyl (C=O) groups excluding carboxylic acids is 1. The van der Waals surface area contributed by atoms with Gasteiger partial charge in [0, 0.05) is 11.8 Å². The van der Waals surface area contributed by atoms with Crippen LogP contribution in [0.5, 0.6) is 0 Å². The SMILES string of the molecule is CC=CC=CCOC(=O)C=C(C)N. The van der Waals surface area contributed by atoms with E-state index in [1.807, 2.05) is 25.2 Å². The van der Waals surface area contributed by atoms with E-state index >= 15 is 0 Å². The van der Waals surface area contributed by atoms with Crippen LogP contribution in [0.4, 0.5) is 0 Å². The molecule has 0 bridgehead atoms. The van der Waals surface area contributed by atoms with E-state index in [9.17, 15) is 4.79 Å². The van der Waals surface area contributed by atoms with Gasteiger partial charge < -0.3 is 10.5 Å². The van der Waals surface area contributed by atoms with Crippen LogP contribution >= 0.6 is 0 Å². The largest absolute Gasteiger partial charge is 0.458 e. The van der Waals surface area contributed by atoms with E-state index in [2.05, 4.69) is 0 Å². The summed E-state index contributed by atoms with van der Waals surface area (Å²) in [5, 5.41) is 0. The van der Waals surface area contributed by atoms with E-state index in [0.29, 0.717) is 5.70 Å². The summed E-state index contributed by atoms with van der Waals surface area (Å²) in [6.07, 6.45) is 8.56. The fourth-order valence-electron chi connectivity index (χ4n) is 0.603. The minimum absolute atomic E-state index is 0.271. The van der Waals surface area contributed by atoms with Crippen molar-refractivity contribution in [3.8, 4) is 0 Å². The Morgan fingerprint density at radius 3 is 2.69 bits per heavy atom. The zero-order valence-electron chi connectivity index (χ0n) is 7.99. The monoisotopic (exact) mass is 181 g/mol. The molecule has 0 saturated heterocycles. The van der Waals surface area contributed by atoms with Crippen LogP contribution in [0.25, 0.3) is 0 Å². The quantitative estimate of drug-likeness (QED) is 0.406. The first-order valence-electron chi connectivity index (χ1n) is 4.05. The Kier molecular flexibility index (Phi) is 6.32. The summed E-state index contributed by atoms with van der Waals surface area (Å²) in [6, 6.07) is 0. The Balaban J connectivity index is 3.66. The summed E-state index contributed by atoms with van der Waals surface area (Å²) >= 11 is 0. The normalized spacial score (nSPS) is 12.6. The first-order valence-corrected chi connectivity index (χ1v) is 4.05. The summed E-state index contributed by atoms with van der Waals surface area (Å²) < 4.78 is 4.78. The second-order valence-corrected chi connectivity index (χ2v) is 2.47. The van der Waals surface area contributed by atoms with Crippen molar-refractivity contribution >= 4 is 5.97 Å². The zero-order chi connectivity index (χ0) is 10.1. The van der Waals surface area contributed by atoms with Crippen molar-refractivity contribution in [1.82, 2.24) is 0 Å². The molecule has 0 aromatic rings. The molecule has 0 aliphatic rings. The summed E-state index contributed by atoms with van der Waals surface area (Å²) in [4.78, 5) is 10.9. The molecule has 0 amide bonds. The van der Waals surface area contributed by atoms with Crippen molar-refractivity contribution in [2.75, 3.05) is 6.61 Å². The maximum absolute atomic E-state index is 10.9. The van der Waals surface area contributed by atoms with E-state index in [0.717, 1.165) is 0 Å². The predicted molar refractivity (Wildman–Crippen MR) is 52.9 cm³/mol. The van der Waals surface area contributed by atoms with Gasteiger partial charge in [-0.05, 0) is 19.9 Å². The van der Waals surface area contributed by atoms with Crippen molar-refractivity contribution in [3.05, 3.63) is 36.1 Å². The van der Waals surface area contributed by atoms with Gasteiger partial charge in [-0.2, -0.15) is 0 Å². The van der Waals surface area contributed by atoms with Gasteiger partial charge >= 0.3 is 5.97 Å². The molecular formula is C10H15NO2. The highest BCUT2D eigenvalue weighted by Gasteiger charge is 1.94. The Hall–Kier alpha value is -1.51. The second-order valence-electron chi connectivity index (χ2n) is 2.47. The smallest absolute Gasteiger partial charge is 0.332 e. The van der Waals surface area contributed by atoms with Gasteiger partial charge in [-0.15, -0.1) is 0 Å². The van der Waals surface area contributed by atoms with E-state index < -0.39 is 5.97 Å². The Morgan fingerprint density at radius 2 is 2.15 bits per heavy atom. The third-order valence-electron chi connectivity index (χ3n) is 1.11. The molecular weight excluding hydrogens is 166 g/mol. The Morgan fingerprint density at radius 1 is 1.46 bits per heavy atom. The molecule has 0 saturated carbocycles. The zero-order valence-corrected chi connectivity index (χ0v) is 7.99. The summed E-state index contributed by atoms with van der Waals surface area (Å²) in [5.74, 6) is -0.412. The fraction of sp³-hybridized carbons (Fsp3) is 0.300. The lowest BCUT2D eigenvalue weighted by Crippen LogP contribution is -2.03. The van der Waals surface area contributed by atoms with Crippen molar-refractivity contribution in [2.45, 2.75) is 13.8 Å². The molecule has 0 aromatic heterocycles. The average molecular weight is 181 g/mol. The maximum atomic E-state index is 10.9. The third-order valence-corrected chi connectivity index (χ3v) is 1.11. The number of hydrogen-bond donors (Lipinski definition) is 1. The van der Waals surface area contributed by atoms with Crippen LogP contribution in [0.3, 0.4) is 0 Å². The summed E-state index contributed by atoms with van der Waals surface area (Å²) in [7, 11) is 0. The van der Waals surface area contributed by atoms with Crippen LogP contribution in [0.2, 0.25) is 0 Å². The summed E-state index contributed by atoms with van der Waals surface area (Å²) in [6.45, 7) is 3.82. The van der Waals surface area contributed by atoms with E-state index in [1.165, 1.54) is 6.08 Å². The molecule has 3 nitrogen and oxygen atoms in total. The molecule has 0 rings (SSSR count). The molecule has 13 heavy (non-hydrogen) atoms. The maximum Gasteiger partial charge on any atom is 0.332 e. The van der Waals surface area contributed by atoms with Crippen molar-refractivity contribution in [2.24, 2.45) is 5.73 Å². The third kappa shape index (κ3) is 8.40. The standard InChI is InChI=1S/C10H15NO2/c1-3-4-5-6-7-13-10(12)8-9(2)11/h3-6,8H,7,11H2,1-2H3. The van der Waals surface area contributed by atoms with Gasteiger partial charge in [0.25, 0.3) is 0 Å². The van der Waals surface area contributed by atoms with Gasteiger partial charge in [-0.3, -0.25) is 0 Å². The van der Waals surface area contributed by atoms with Gasteiger partial charge in [0.1, 0.15) is 6.61 Å². The molecule has 0 aliphatic carbocycles. The highest BCUT2D eigenvalue weighted by Crippen LogP contribution is 1.86. The molecule has 0 fully saturated rings. The predicted octanol–water partition coefficient (Wildman–Crippen LogP) is 1.52. The van der Waals surface area contributed by atoms with Gasteiger partial charge in [0.05, 0.1) is 0 Å². The molecule has 2 N–H and O–H groups in total. The fourth-order valence-corrected chi connectivity index (χ4v) is 0.603. The van der Waals surface area contributed by atoms with Crippen molar-refractivity contribution in [3.63, 3.8) is 0 Å². The van der Waals surface area contributed by atoms with E-state index in [4.69, 9.17) is 10.5 Å². The molecule has 0 unspecified atom stereocenters. The second kappa shape index (κ2) is 7.16. The lowest BCUT2D eigenvalue weighted by molar-refractivity contribution is -0.136. The Labute approximate surface area is 78.6 Å². The van der Waals surface area contributed by atoms with Crippen LogP contribution in [0, 0.1) is 0 Å². The molecule has 0 atom stereocenters. The minimum Gasteiger partial charge on any atom is -0.458 e. The van der Waals surface area contributed by atoms with Gasteiger partial charge in [-0.25, -0.2) is 4.79 Å². The average Bonchev–Trinajstić information content (AvgIpc) is 2.02. The first kappa shape index (κ1) is 11.5. The van der Waals surface area contributed by atoms with Crippen LogP contribution < -0.4 is 5.73 Å². The molecule has 0 aromatic carbocycles. The molecule has 0 heterocycles. The number of esters is 1.